The predicted molar refractivity (Wildman–Crippen MR) is 82.1 cm³/mol. The summed E-state index contributed by atoms with van der Waals surface area (Å²) >= 11 is 3.39. The third-order valence-electron chi connectivity index (χ3n) is 2.99. The normalized spacial score (nSPS) is 11.9. The largest absolute Gasteiger partial charge is 0.478 e. The van der Waals surface area contributed by atoms with E-state index in [1.54, 1.807) is 12.1 Å². The first kappa shape index (κ1) is 14.5. The number of aromatic nitrogens is 1. The average Bonchev–Trinajstić information content (AvgIpc) is 2.39. The molecule has 2 rings (SSSR count). The molecule has 4 nitrogen and oxygen atoms in total. The molecule has 0 bridgehead atoms. The Hall–Kier alpha value is -1.88. The maximum absolute atomic E-state index is 11.2. The molecule has 2 N–H and O–H groups in total. The Morgan fingerprint density at radius 2 is 1.90 bits per heavy atom. The third-order valence-corrected chi connectivity index (χ3v) is 3.52. The van der Waals surface area contributed by atoms with Gasteiger partial charge in [0.15, 0.2) is 0 Å². The van der Waals surface area contributed by atoms with E-state index in [0.717, 1.165) is 15.7 Å². The topological polar surface area (TPSA) is 62.2 Å². The van der Waals surface area contributed by atoms with E-state index in [2.05, 4.69) is 26.2 Å². The SMILES string of the molecule is Cc1ccc(C(=O)O)c(NC(C)c2ccc(Br)cc2)n1. The highest BCUT2D eigenvalue weighted by Crippen LogP contribution is 2.22. The van der Waals surface area contributed by atoms with Crippen LogP contribution in [0.3, 0.4) is 0 Å². The molecule has 5 heteroatoms. The Kier molecular flexibility index (Phi) is 4.39. The van der Waals surface area contributed by atoms with Gasteiger partial charge in [0.05, 0.1) is 0 Å². The van der Waals surface area contributed by atoms with Gasteiger partial charge in [-0.25, -0.2) is 9.78 Å². The first-order valence-corrected chi connectivity index (χ1v) is 6.99. The molecular weight excluding hydrogens is 320 g/mol. The number of rotatable bonds is 4. The molecule has 1 unspecified atom stereocenters. The summed E-state index contributed by atoms with van der Waals surface area (Å²) in [6.07, 6.45) is 0. The molecule has 104 valence electrons. The Bertz CT molecular complexity index is 626. The van der Waals surface area contributed by atoms with Crippen molar-refractivity contribution in [1.82, 2.24) is 4.98 Å². The zero-order valence-corrected chi connectivity index (χ0v) is 12.8. The quantitative estimate of drug-likeness (QED) is 0.886. The lowest BCUT2D eigenvalue weighted by molar-refractivity contribution is 0.0697. The van der Waals surface area contributed by atoms with Gasteiger partial charge >= 0.3 is 5.97 Å². The van der Waals surface area contributed by atoms with Crippen LogP contribution in [0.25, 0.3) is 0 Å². The molecule has 0 aliphatic carbocycles. The molecule has 0 aliphatic heterocycles. The molecule has 1 aromatic heterocycles. The highest BCUT2D eigenvalue weighted by Gasteiger charge is 2.14. The molecule has 0 saturated heterocycles. The van der Waals surface area contributed by atoms with Crippen molar-refractivity contribution in [2.75, 3.05) is 5.32 Å². The summed E-state index contributed by atoms with van der Waals surface area (Å²) in [6, 6.07) is 11.1. The number of carboxylic acids is 1. The van der Waals surface area contributed by atoms with Crippen molar-refractivity contribution in [3.05, 3.63) is 57.7 Å². The van der Waals surface area contributed by atoms with Gasteiger partial charge in [0.2, 0.25) is 0 Å². The summed E-state index contributed by atoms with van der Waals surface area (Å²) in [5, 5.41) is 12.4. The van der Waals surface area contributed by atoms with Gasteiger partial charge in [0, 0.05) is 16.2 Å². The minimum atomic E-state index is -0.983. The van der Waals surface area contributed by atoms with Gasteiger partial charge in [-0.1, -0.05) is 28.1 Å². The Labute approximate surface area is 126 Å². The Morgan fingerprint density at radius 3 is 2.50 bits per heavy atom. The van der Waals surface area contributed by atoms with Crippen LogP contribution in [-0.2, 0) is 0 Å². The fourth-order valence-corrected chi connectivity index (χ4v) is 2.14. The Morgan fingerprint density at radius 1 is 1.25 bits per heavy atom. The van der Waals surface area contributed by atoms with Gasteiger partial charge in [-0.05, 0) is 43.7 Å². The third kappa shape index (κ3) is 3.36. The number of benzene rings is 1. The van der Waals surface area contributed by atoms with Crippen LogP contribution in [0.15, 0.2) is 40.9 Å². The fraction of sp³-hybridized carbons (Fsp3) is 0.200. The second kappa shape index (κ2) is 6.05. The summed E-state index contributed by atoms with van der Waals surface area (Å²) in [5.41, 5.74) is 2.02. The maximum Gasteiger partial charge on any atom is 0.339 e. The molecule has 2 aromatic rings. The molecule has 0 spiro atoms. The lowest BCUT2D eigenvalue weighted by Gasteiger charge is -2.17. The zero-order chi connectivity index (χ0) is 14.7. The number of anilines is 1. The van der Waals surface area contributed by atoms with Crippen molar-refractivity contribution < 1.29 is 9.90 Å². The highest BCUT2D eigenvalue weighted by molar-refractivity contribution is 9.10. The van der Waals surface area contributed by atoms with Gasteiger partial charge < -0.3 is 10.4 Å². The molecule has 1 atom stereocenters. The van der Waals surface area contributed by atoms with Crippen molar-refractivity contribution in [2.24, 2.45) is 0 Å². The van der Waals surface area contributed by atoms with Gasteiger partial charge in [0.25, 0.3) is 0 Å². The number of nitrogens with one attached hydrogen (secondary N) is 1. The van der Waals surface area contributed by atoms with Gasteiger partial charge in [-0.15, -0.1) is 0 Å². The number of hydrogen-bond donors (Lipinski definition) is 2. The smallest absolute Gasteiger partial charge is 0.339 e. The molecule has 0 amide bonds. The van der Waals surface area contributed by atoms with Gasteiger partial charge in [0.1, 0.15) is 11.4 Å². The van der Waals surface area contributed by atoms with E-state index in [4.69, 9.17) is 0 Å². The van der Waals surface area contributed by atoms with Crippen LogP contribution in [0, 0.1) is 6.92 Å². The fourth-order valence-electron chi connectivity index (χ4n) is 1.88. The first-order valence-electron chi connectivity index (χ1n) is 6.20. The predicted octanol–water partition coefficient (Wildman–Crippen LogP) is 4.02. The summed E-state index contributed by atoms with van der Waals surface area (Å²) in [4.78, 5) is 15.5. The second-order valence-corrected chi connectivity index (χ2v) is 5.49. The standard InChI is InChI=1S/C15H15BrN2O2/c1-9-3-8-13(15(19)20)14(17-9)18-10(2)11-4-6-12(16)7-5-11/h3-8,10H,1-2H3,(H,17,18)(H,19,20). The van der Waals surface area contributed by atoms with Crippen molar-refractivity contribution in [1.29, 1.82) is 0 Å². The highest BCUT2D eigenvalue weighted by atomic mass is 79.9. The molecule has 0 radical (unpaired) electrons. The van der Waals surface area contributed by atoms with E-state index in [1.807, 2.05) is 38.1 Å². The minimum absolute atomic E-state index is 0.0319. The van der Waals surface area contributed by atoms with E-state index in [0.29, 0.717) is 5.82 Å². The molecule has 1 aromatic carbocycles. The van der Waals surface area contributed by atoms with Crippen LogP contribution < -0.4 is 5.32 Å². The zero-order valence-electron chi connectivity index (χ0n) is 11.2. The number of carbonyl (C=O) groups is 1. The van der Waals surface area contributed by atoms with Gasteiger partial charge in [-0.2, -0.15) is 0 Å². The van der Waals surface area contributed by atoms with Crippen LogP contribution in [0.5, 0.6) is 0 Å². The number of nitrogens with zero attached hydrogens (tertiary/aromatic N) is 1. The van der Waals surface area contributed by atoms with Crippen LogP contribution >= 0.6 is 15.9 Å². The molecule has 0 aliphatic rings. The number of hydrogen-bond acceptors (Lipinski definition) is 3. The van der Waals surface area contributed by atoms with E-state index >= 15 is 0 Å². The van der Waals surface area contributed by atoms with Crippen molar-refractivity contribution in [2.45, 2.75) is 19.9 Å². The Balaban J connectivity index is 2.27. The summed E-state index contributed by atoms with van der Waals surface area (Å²) in [5.74, 6) is -0.587. The monoisotopic (exact) mass is 334 g/mol. The lowest BCUT2D eigenvalue weighted by Crippen LogP contribution is -2.12. The number of halogens is 1. The molecule has 1 heterocycles. The van der Waals surface area contributed by atoms with Crippen molar-refractivity contribution in [3.63, 3.8) is 0 Å². The van der Waals surface area contributed by atoms with Gasteiger partial charge in [-0.3, -0.25) is 0 Å². The number of carboxylic acid groups (broad SMARTS) is 1. The number of aromatic carboxylic acids is 1. The molecular formula is C15H15BrN2O2. The number of pyridine rings is 1. The summed E-state index contributed by atoms with van der Waals surface area (Å²) < 4.78 is 1.01. The molecule has 0 saturated carbocycles. The van der Waals surface area contributed by atoms with Crippen LogP contribution in [0.2, 0.25) is 0 Å². The summed E-state index contributed by atoms with van der Waals surface area (Å²) in [7, 11) is 0. The van der Waals surface area contributed by atoms with E-state index in [1.165, 1.54) is 0 Å². The van der Waals surface area contributed by atoms with E-state index in [9.17, 15) is 9.90 Å². The van der Waals surface area contributed by atoms with Crippen LogP contribution in [0.4, 0.5) is 5.82 Å². The molecule has 0 fully saturated rings. The van der Waals surface area contributed by atoms with Crippen LogP contribution in [0.1, 0.15) is 34.6 Å². The first-order chi connectivity index (χ1) is 9.47. The van der Waals surface area contributed by atoms with E-state index in [-0.39, 0.29) is 11.6 Å². The second-order valence-electron chi connectivity index (χ2n) is 4.57. The molecule has 20 heavy (non-hydrogen) atoms. The summed E-state index contributed by atoms with van der Waals surface area (Å²) in [6.45, 7) is 3.81. The lowest BCUT2D eigenvalue weighted by atomic mass is 10.1. The van der Waals surface area contributed by atoms with Crippen molar-refractivity contribution in [3.8, 4) is 0 Å². The minimum Gasteiger partial charge on any atom is -0.478 e. The van der Waals surface area contributed by atoms with E-state index < -0.39 is 5.97 Å². The maximum atomic E-state index is 11.2. The van der Waals surface area contributed by atoms with Crippen LogP contribution in [-0.4, -0.2) is 16.1 Å². The van der Waals surface area contributed by atoms with Crippen molar-refractivity contribution >= 4 is 27.7 Å². The number of aryl methyl sites for hydroxylation is 1. The average molecular weight is 335 g/mol.